The lowest BCUT2D eigenvalue weighted by molar-refractivity contribution is -0.126. The van der Waals surface area contributed by atoms with Crippen molar-refractivity contribution in [1.29, 1.82) is 0 Å². The first-order valence-electron chi connectivity index (χ1n) is 10.7. The highest BCUT2D eigenvalue weighted by atomic mass is 35.5. The van der Waals surface area contributed by atoms with Gasteiger partial charge in [0.15, 0.2) is 0 Å². The molecule has 0 aliphatic carbocycles. The Balaban J connectivity index is 1.45. The molecule has 1 fully saturated rings. The SMILES string of the molecule is CCc1nc(-c2cc(S(=O)(=O)N3CCC[C@H](C(=O)NCc4ccc(Cl)cc4)C3)c(C)s2)no1. The highest BCUT2D eigenvalue weighted by Gasteiger charge is 2.35. The summed E-state index contributed by atoms with van der Waals surface area (Å²) in [6.07, 6.45) is 1.88. The summed E-state index contributed by atoms with van der Waals surface area (Å²) in [5.41, 5.74) is 0.933. The van der Waals surface area contributed by atoms with Crippen LogP contribution in [0.1, 0.15) is 36.1 Å². The molecular weight excluding hydrogens is 484 g/mol. The highest BCUT2D eigenvalue weighted by Crippen LogP contribution is 2.35. The van der Waals surface area contributed by atoms with Crippen LogP contribution in [0, 0.1) is 12.8 Å². The van der Waals surface area contributed by atoms with E-state index in [-0.39, 0.29) is 17.3 Å². The van der Waals surface area contributed by atoms with E-state index in [9.17, 15) is 13.2 Å². The van der Waals surface area contributed by atoms with Crippen LogP contribution in [0.15, 0.2) is 39.8 Å². The van der Waals surface area contributed by atoms with Crippen molar-refractivity contribution in [2.24, 2.45) is 5.92 Å². The Kier molecular flexibility index (Phi) is 7.18. The number of sulfonamides is 1. The van der Waals surface area contributed by atoms with Gasteiger partial charge in [0.25, 0.3) is 0 Å². The molecule has 0 unspecified atom stereocenters. The summed E-state index contributed by atoms with van der Waals surface area (Å²) in [4.78, 5) is 18.6. The number of carbonyl (C=O) groups excluding carboxylic acids is 1. The summed E-state index contributed by atoms with van der Waals surface area (Å²) in [6, 6.07) is 8.85. The van der Waals surface area contributed by atoms with E-state index in [0.717, 1.165) is 5.56 Å². The van der Waals surface area contributed by atoms with E-state index in [1.165, 1.54) is 15.6 Å². The van der Waals surface area contributed by atoms with Gasteiger partial charge in [-0.2, -0.15) is 9.29 Å². The van der Waals surface area contributed by atoms with Crippen LogP contribution in [0.4, 0.5) is 0 Å². The second kappa shape index (κ2) is 9.92. The average molecular weight is 509 g/mol. The molecule has 1 atom stereocenters. The van der Waals surface area contributed by atoms with Gasteiger partial charge in [0.1, 0.15) is 0 Å². The predicted octanol–water partition coefficient (Wildman–Crippen LogP) is 4.04. The maximum Gasteiger partial charge on any atom is 0.244 e. The first-order valence-corrected chi connectivity index (χ1v) is 13.4. The number of amides is 1. The highest BCUT2D eigenvalue weighted by molar-refractivity contribution is 7.89. The third kappa shape index (κ3) is 5.29. The summed E-state index contributed by atoms with van der Waals surface area (Å²) in [5, 5.41) is 7.50. The molecular formula is C22H25ClN4O4S2. The van der Waals surface area contributed by atoms with Crippen LogP contribution in [0.5, 0.6) is 0 Å². The lowest BCUT2D eigenvalue weighted by Gasteiger charge is -2.31. The molecule has 11 heteroatoms. The van der Waals surface area contributed by atoms with Crippen molar-refractivity contribution in [1.82, 2.24) is 19.8 Å². The fourth-order valence-corrected chi connectivity index (χ4v) is 6.92. The molecule has 0 radical (unpaired) electrons. The predicted molar refractivity (Wildman–Crippen MR) is 127 cm³/mol. The molecule has 1 aliphatic heterocycles. The van der Waals surface area contributed by atoms with Crippen molar-refractivity contribution in [2.75, 3.05) is 13.1 Å². The quantitative estimate of drug-likeness (QED) is 0.516. The lowest BCUT2D eigenvalue weighted by atomic mass is 9.99. The largest absolute Gasteiger partial charge is 0.352 e. The Morgan fingerprint density at radius 3 is 2.79 bits per heavy atom. The molecule has 1 N–H and O–H groups in total. The molecule has 0 saturated carbocycles. The summed E-state index contributed by atoms with van der Waals surface area (Å²) in [7, 11) is -3.75. The Bertz CT molecular complexity index is 1240. The van der Waals surface area contributed by atoms with Crippen LogP contribution in [-0.4, -0.2) is 41.9 Å². The molecule has 2 aromatic heterocycles. The normalized spacial score (nSPS) is 17.2. The van der Waals surface area contributed by atoms with Crippen molar-refractivity contribution < 1.29 is 17.7 Å². The standard InChI is InChI=1S/C22H25ClN4O4S2/c1-3-20-25-21(26-31-20)18-11-19(14(2)32-18)33(29,30)27-10-4-5-16(13-27)22(28)24-12-15-6-8-17(23)9-7-15/h6-9,11,16H,3-5,10,12-13H2,1-2H3,(H,24,28)/t16-/m0/s1. The van der Waals surface area contributed by atoms with Gasteiger partial charge in [-0.05, 0) is 43.5 Å². The number of rotatable bonds is 7. The van der Waals surface area contributed by atoms with Crippen LogP contribution in [0.25, 0.3) is 10.7 Å². The topological polar surface area (TPSA) is 105 Å². The first kappa shape index (κ1) is 23.9. The number of aryl methyl sites for hydroxylation is 2. The maximum atomic E-state index is 13.4. The van der Waals surface area contributed by atoms with Crippen LogP contribution in [-0.2, 0) is 27.8 Å². The number of nitrogens with one attached hydrogen (secondary N) is 1. The number of nitrogens with zero attached hydrogens (tertiary/aromatic N) is 3. The average Bonchev–Trinajstić information content (AvgIpc) is 3.45. The van der Waals surface area contributed by atoms with Crippen LogP contribution in [0.2, 0.25) is 5.02 Å². The zero-order valence-corrected chi connectivity index (χ0v) is 20.8. The van der Waals surface area contributed by atoms with Gasteiger partial charge in [0.05, 0.1) is 15.7 Å². The van der Waals surface area contributed by atoms with E-state index in [2.05, 4.69) is 15.5 Å². The van der Waals surface area contributed by atoms with Crippen LogP contribution in [0.3, 0.4) is 0 Å². The number of benzene rings is 1. The molecule has 0 spiro atoms. The number of hydrogen-bond acceptors (Lipinski definition) is 7. The summed E-state index contributed by atoms with van der Waals surface area (Å²) < 4.78 is 33.4. The van der Waals surface area contributed by atoms with Gasteiger partial charge in [-0.25, -0.2) is 8.42 Å². The van der Waals surface area contributed by atoms with Gasteiger partial charge in [-0.1, -0.05) is 35.8 Å². The van der Waals surface area contributed by atoms with Gasteiger partial charge in [0, 0.05) is 36.0 Å². The number of halogens is 1. The van der Waals surface area contributed by atoms with Crippen LogP contribution >= 0.6 is 22.9 Å². The van der Waals surface area contributed by atoms with E-state index in [0.29, 0.717) is 58.8 Å². The zero-order chi connectivity index (χ0) is 23.6. The zero-order valence-electron chi connectivity index (χ0n) is 18.4. The smallest absolute Gasteiger partial charge is 0.244 e. The minimum atomic E-state index is -3.75. The van der Waals surface area contributed by atoms with Gasteiger partial charge < -0.3 is 9.84 Å². The molecule has 33 heavy (non-hydrogen) atoms. The number of piperidine rings is 1. The van der Waals surface area contributed by atoms with E-state index in [1.54, 1.807) is 25.1 Å². The lowest BCUT2D eigenvalue weighted by Crippen LogP contribution is -2.45. The molecule has 1 saturated heterocycles. The minimum Gasteiger partial charge on any atom is -0.352 e. The summed E-state index contributed by atoms with van der Waals surface area (Å²) in [6.45, 7) is 4.59. The molecule has 3 aromatic rings. The first-order chi connectivity index (χ1) is 15.8. The molecule has 1 aromatic carbocycles. The summed E-state index contributed by atoms with van der Waals surface area (Å²) >= 11 is 7.22. The van der Waals surface area contributed by atoms with Crippen LogP contribution < -0.4 is 5.32 Å². The number of hydrogen-bond donors (Lipinski definition) is 1. The van der Waals surface area contributed by atoms with Crippen molar-refractivity contribution in [3.8, 4) is 10.7 Å². The Labute approximate surface area is 202 Å². The van der Waals surface area contributed by atoms with Crippen molar-refractivity contribution >= 4 is 38.9 Å². The van der Waals surface area contributed by atoms with E-state index in [1.807, 2.05) is 19.1 Å². The van der Waals surface area contributed by atoms with Gasteiger partial charge in [0.2, 0.25) is 27.6 Å². The van der Waals surface area contributed by atoms with Crippen molar-refractivity contribution in [2.45, 2.75) is 44.6 Å². The number of thiophene rings is 1. The second-order valence-corrected chi connectivity index (χ2v) is 11.5. The molecule has 4 rings (SSSR count). The molecule has 1 amide bonds. The van der Waals surface area contributed by atoms with Gasteiger partial charge in [-0.3, -0.25) is 4.79 Å². The Morgan fingerprint density at radius 1 is 1.33 bits per heavy atom. The molecule has 8 nitrogen and oxygen atoms in total. The fourth-order valence-electron chi connectivity index (χ4n) is 3.78. The summed E-state index contributed by atoms with van der Waals surface area (Å²) in [5.74, 6) is 0.346. The maximum absolute atomic E-state index is 13.4. The molecule has 0 bridgehead atoms. The molecule has 3 heterocycles. The monoisotopic (exact) mass is 508 g/mol. The van der Waals surface area contributed by atoms with Gasteiger partial charge in [-0.15, -0.1) is 11.3 Å². The van der Waals surface area contributed by atoms with E-state index >= 15 is 0 Å². The molecule has 1 aliphatic rings. The third-order valence-corrected chi connectivity index (χ3v) is 9.03. The van der Waals surface area contributed by atoms with Crippen molar-refractivity contribution in [3.05, 3.63) is 51.7 Å². The van der Waals surface area contributed by atoms with E-state index < -0.39 is 15.9 Å². The Hall–Kier alpha value is -2.27. The van der Waals surface area contributed by atoms with E-state index in [4.69, 9.17) is 16.1 Å². The van der Waals surface area contributed by atoms with Crippen molar-refractivity contribution in [3.63, 3.8) is 0 Å². The number of carbonyl (C=O) groups is 1. The third-order valence-electron chi connectivity index (χ3n) is 5.62. The number of aromatic nitrogens is 2. The minimum absolute atomic E-state index is 0.147. The van der Waals surface area contributed by atoms with Gasteiger partial charge >= 0.3 is 0 Å². The second-order valence-electron chi connectivity index (χ2n) is 7.94. The fraction of sp³-hybridized carbons (Fsp3) is 0.409. The molecule has 176 valence electrons. The Morgan fingerprint density at radius 2 is 2.09 bits per heavy atom.